The average Bonchev–Trinajstić information content (AvgIpc) is 2.89. The number of fused-ring (bicyclic) bond motifs is 1. The Bertz CT molecular complexity index is 1450. The second-order valence-corrected chi connectivity index (χ2v) is 7.53. The van der Waals surface area contributed by atoms with E-state index in [4.69, 9.17) is 9.47 Å². The SMILES string of the molecule is O=[N+]([O-])c1cc(-c2cnc3ccccc3n2)ccc1Oc1ccc(OCc2ccccc2)cc1. The third-order valence-electron chi connectivity index (χ3n) is 5.20. The van der Waals surface area contributed by atoms with Crippen molar-refractivity contribution in [1.29, 1.82) is 0 Å². The normalized spacial score (nSPS) is 10.7. The first-order valence-electron chi connectivity index (χ1n) is 10.6. The number of benzene rings is 4. The van der Waals surface area contributed by atoms with Gasteiger partial charge in [0.15, 0.2) is 0 Å². The Labute approximate surface area is 195 Å². The number of para-hydroxylation sites is 2. The highest BCUT2D eigenvalue weighted by atomic mass is 16.6. The summed E-state index contributed by atoms with van der Waals surface area (Å²) in [7, 11) is 0. The van der Waals surface area contributed by atoms with Gasteiger partial charge in [0.05, 0.1) is 27.8 Å². The summed E-state index contributed by atoms with van der Waals surface area (Å²) in [4.78, 5) is 20.2. The van der Waals surface area contributed by atoms with Crippen LogP contribution >= 0.6 is 0 Å². The first kappa shape index (κ1) is 21.1. The molecule has 1 aromatic heterocycles. The van der Waals surface area contributed by atoms with Crippen LogP contribution < -0.4 is 9.47 Å². The van der Waals surface area contributed by atoms with Gasteiger partial charge in [-0.3, -0.25) is 15.1 Å². The van der Waals surface area contributed by atoms with Gasteiger partial charge in [-0.15, -0.1) is 0 Å². The Morgan fingerprint density at radius 3 is 2.26 bits per heavy atom. The van der Waals surface area contributed by atoms with Crippen molar-refractivity contribution < 1.29 is 14.4 Å². The van der Waals surface area contributed by atoms with Crippen LogP contribution in [0.2, 0.25) is 0 Å². The van der Waals surface area contributed by atoms with E-state index < -0.39 is 4.92 Å². The maximum Gasteiger partial charge on any atom is 0.312 e. The first-order chi connectivity index (χ1) is 16.7. The highest BCUT2D eigenvalue weighted by Gasteiger charge is 2.18. The van der Waals surface area contributed by atoms with E-state index in [1.165, 1.54) is 6.07 Å². The van der Waals surface area contributed by atoms with E-state index in [0.29, 0.717) is 29.4 Å². The molecular formula is C27H19N3O4. The van der Waals surface area contributed by atoms with Crippen molar-refractivity contribution in [3.63, 3.8) is 0 Å². The molecule has 0 aliphatic rings. The summed E-state index contributed by atoms with van der Waals surface area (Å²) in [5, 5.41) is 11.8. The second-order valence-electron chi connectivity index (χ2n) is 7.53. The van der Waals surface area contributed by atoms with E-state index >= 15 is 0 Å². The van der Waals surface area contributed by atoms with Crippen molar-refractivity contribution in [2.45, 2.75) is 6.61 Å². The van der Waals surface area contributed by atoms with Crippen LogP contribution in [-0.2, 0) is 6.61 Å². The average molecular weight is 449 g/mol. The number of nitrogens with zero attached hydrogens (tertiary/aromatic N) is 3. The molecule has 1 heterocycles. The van der Waals surface area contributed by atoms with Gasteiger partial charge in [0, 0.05) is 11.6 Å². The van der Waals surface area contributed by atoms with Gasteiger partial charge >= 0.3 is 5.69 Å². The molecule has 34 heavy (non-hydrogen) atoms. The molecule has 0 bridgehead atoms. The van der Waals surface area contributed by atoms with Crippen molar-refractivity contribution >= 4 is 16.7 Å². The molecule has 7 heteroatoms. The van der Waals surface area contributed by atoms with Gasteiger partial charge < -0.3 is 9.47 Å². The number of hydrogen-bond donors (Lipinski definition) is 0. The van der Waals surface area contributed by atoms with Gasteiger partial charge in [0.2, 0.25) is 5.75 Å². The van der Waals surface area contributed by atoms with Crippen LogP contribution in [0.1, 0.15) is 5.56 Å². The summed E-state index contributed by atoms with van der Waals surface area (Å²) >= 11 is 0. The molecule has 166 valence electrons. The van der Waals surface area contributed by atoms with Crippen LogP contribution in [0.4, 0.5) is 5.69 Å². The number of nitro groups is 1. The maximum absolute atomic E-state index is 11.8. The highest BCUT2D eigenvalue weighted by molar-refractivity contribution is 5.77. The minimum Gasteiger partial charge on any atom is -0.489 e. The van der Waals surface area contributed by atoms with Gasteiger partial charge in [-0.1, -0.05) is 42.5 Å². The van der Waals surface area contributed by atoms with Crippen LogP contribution in [0.3, 0.4) is 0 Å². The van der Waals surface area contributed by atoms with Gasteiger partial charge in [0.1, 0.15) is 18.1 Å². The highest BCUT2D eigenvalue weighted by Crippen LogP contribution is 2.35. The fourth-order valence-electron chi connectivity index (χ4n) is 3.47. The quantitative estimate of drug-likeness (QED) is 0.206. The molecule has 0 aliphatic carbocycles. The fourth-order valence-corrected chi connectivity index (χ4v) is 3.47. The molecule has 0 atom stereocenters. The molecule has 5 rings (SSSR count). The molecule has 0 spiro atoms. The number of aromatic nitrogens is 2. The second kappa shape index (κ2) is 9.38. The lowest BCUT2D eigenvalue weighted by Gasteiger charge is -2.10. The standard InChI is InChI=1S/C27H19N3O4/c31-30(32)26-16-20(25-17-28-23-8-4-5-9-24(23)29-25)10-15-27(26)34-22-13-11-21(12-14-22)33-18-19-6-2-1-3-7-19/h1-17H,18H2. The monoisotopic (exact) mass is 449 g/mol. The Hall–Kier alpha value is -4.78. The zero-order valence-electron chi connectivity index (χ0n) is 18.0. The van der Waals surface area contributed by atoms with Crippen molar-refractivity contribution in [2.75, 3.05) is 0 Å². The summed E-state index contributed by atoms with van der Waals surface area (Å²) in [6.07, 6.45) is 1.61. The molecule has 0 amide bonds. The summed E-state index contributed by atoms with van der Waals surface area (Å²) in [6.45, 7) is 0.450. The number of nitro benzene ring substituents is 1. The zero-order chi connectivity index (χ0) is 23.3. The number of rotatable bonds is 7. The molecule has 0 fully saturated rings. The van der Waals surface area contributed by atoms with Gasteiger partial charge in [-0.2, -0.15) is 0 Å². The van der Waals surface area contributed by atoms with E-state index in [9.17, 15) is 10.1 Å². The number of hydrogen-bond acceptors (Lipinski definition) is 6. The minimum absolute atomic E-state index is 0.139. The molecule has 0 N–H and O–H groups in total. The van der Waals surface area contributed by atoms with Crippen LogP contribution in [0.15, 0.2) is 103 Å². The summed E-state index contributed by atoms with van der Waals surface area (Å²) in [5.41, 5.74) is 3.52. The number of ether oxygens (including phenoxy) is 2. The molecule has 7 nitrogen and oxygen atoms in total. The summed E-state index contributed by atoms with van der Waals surface area (Å²) in [5.74, 6) is 1.28. The van der Waals surface area contributed by atoms with Crippen molar-refractivity contribution in [2.24, 2.45) is 0 Å². The molecule has 5 aromatic rings. The molecule has 0 aliphatic heterocycles. The lowest BCUT2D eigenvalue weighted by atomic mass is 10.1. The molecule has 0 saturated heterocycles. The van der Waals surface area contributed by atoms with E-state index in [2.05, 4.69) is 9.97 Å². The van der Waals surface area contributed by atoms with Gasteiger partial charge in [-0.25, -0.2) is 4.98 Å². The Morgan fingerprint density at radius 2 is 1.50 bits per heavy atom. The van der Waals surface area contributed by atoms with E-state index in [0.717, 1.165) is 16.6 Å². The molecule has 0 radical (unpaired) electrons. The molecular weight excluding hydrogens is 430 g/mol. The summed E-state index contributed by atoms with van der Waals surface area (Å²) in [6, 6.07) is 29.0. The van der Waals surface area contributed by atoms with Crippen molar-refractivity contribution in [3.8, 4) is 28.5 Å². The predicted octanol–water partition coefficient (Wildman–Crippen LogP) is 6.58. The zero-order valence-corrected chi connectivity index (χ0v) is 18.0. The Balaban J connectivity index is 1.34. The topological polar surface area (TPSA) is 87.4 Å². The Morgan fingerprint density at radius 1 is 0.794 bits per heavy atom. The largest absolute Gasteiger partial charge is 0.489 e. The van der Waals surface area contributed by atoms with Gasteiger partial charge in [-0.05, 0) is 54.1 Å². The van der Waals surface area contributed by atoms with E-state index in [1.807, 2.05) is 54.6 Å². The third-order valence-corrected chi connectivity index (χ3v) is 5.20. The Kier molecular flexibility index (Phi) is 5.82. The van der Waals surface area contributed by atoms with Crippen LogP contribution in [0.25, 0.3) is 22.3 Å². The lowest BCUT2D eigenvalue weighted by molar-refractivity contribution is -0.385. The van der Waals surface area contributed by atoms with Crippen LogP contribution in [-0.4, -0.2) is 14.9 Å². The lowest BCUT2D eigenvalue weighted by Crippen LogP contribution is -1.96. The fraction of sp³-hybridized carbons (Fsp3) is 0.0370. The van der Waals surface area contributed by atoms with Crippen molar-refractivity contribution in [3.05, 3.63) is 119 Å². The van der Waals surface area contributed by atoms with E-state index in [-0.39, 0.29) is 11.4 Å². The maximum atomic E-state index is 11.8. The van der Waals surface area contributed by atoms with Crippen molar-refractivity contribution in [1.82, 2.24) is 9.97 Å². The first-order valence-corrected chi connectivity index (χ1v) is 10.6. The molecule has 0 saturated carbocycles. The predicted molar refractivity (Wildman–Crippen MR) is 129 cm³/mol. The van der Waals surface area contributed by atoms with Crippen LogP contribution in [0.5, 0.6) is 17.2 Å². The molecule has 4 aromatic carbocycles. The smallest absolute Gasteiger partial charge is 0.312 e. The molecule has 0 unspecified atom stereocenters. The third kappa shape index (κ3) is 4.68. The minimum atomic E-state index is -0.468. The summed E-state index contributed by atoms with van der Waals surface area (Å²) < 4.78 is 11.6. The van der Waals surface area contributed by atoms with Gasteiger partial charge in [0.25, 0.3) is 0 Å². The van der Waals surface area contributed by atoms with Crippen LogP contribution in [0, 0.1) is 10.1 Å². The van der Waals surface area contributed by atoms with E-state index in [1.54, 1.807) is 42.6 Å².